The number of hydrogen-bond acceptors (Lipinski definition) is 6. The van der Waals surface area contributed by atoms with E-state index < -0.39 is 16.7 Å². The Morgan fingerprint density at radius 1 is 1.19 bits per heavy atom. The molecule has 1 N–H and O–H groups in total. The van der Waals surface area contributed by atoms with Crippen LogP contribution in [0, 0.1) is 5.92 Å². The maximum absolute atomic E-state index is 13.6. The second kappa shape index (κ2) is 11.3. The zero-order valence-electron chi connectivity index (χ0n) is 22.0. The van der Waals surface area contributed by atoms with Crippen molar-refractivity contribution in [3.63, 3.8) is 0 Å². The molecule has 1 fully saturated rings. The summed E-state index contributed by atoms with van der Waals surface area (Å²) in [6.45, 7) is 8.10. The zero-order chi connectivity index (χ0) is 26.7. The number of aromatic nitrogens is 3. The molecule has 0 radical (unpaired) electrons. The quantitative estimate of drug-likeness (QED) is 0.430. The highest BCUT2D eigenvalue weighted by Crippen LogP contribution is 2.32. The SMILES string of the molecule is CCCc1cn(C)c2c(=O)[nH]c(-c3cc(S(=O)(=O)N4CCN(C[C@@H](C)CF)CC4)ccc3OCC)nc12. The number of aromatic amines is 1. The van der Waals surface area contributed by atoms with E-state index in [4.69, 9.17) is 9.72 Å². The van der Waals surface area contributed by atoms with E-state index in [-0.39, 0.29) is 22.2 Å². The Balaban J connectivity index is 1.71. The molecule has 1 aliphatic heterocycles. The minimum atomic E-state index is -3.79. The molecular formula is C26H36FN5O4S. The van der Waals surface area contributed by atoms with Gasteiger partial charge in [0.25, 0.3) is 5.56 Å². The fraction of sp³-hybridized carbons (Fsp3) is 0.538. The Labute approximate surface area is 217 Å². The summed E-state index contributed by atoms with van der Waals surface area (Å²) in [5.41, 5.74) is 2.18. The molecule has 1 aliphatic rings. The number of ether oxygens (including phenoxy) is 1. The third kappa shape index (κ3) is 5.58. The van der Waals surface area contributed by atoms with E-state index in [1.165, 1.54) is 16.4 Å². The van der Waals surface area contributed by atoms with Gasteiger partial charge in [-0.2, -0.15) is 4.31 Å². The Hall–Kier alpha value is -2.76. The van der Waals surface area contributed by atoms with Crippen molar-refractivity contribution in [2.75, 3.05) is 46.0 Å². The number of rotatable bonds is 10. The summed E-state index contributed by atoms with van der Waals surface area (Å²) in [6.07, 6.45) is 3.59. The number of hydrogen-bond donors (Lipinski definition) is 1. The van der Waals surface area contributed by atoms with Crippen LogP contribution in [0.4, 0.5) is 4.39 Å². The van der Waals surface area contributed by atoms with Crippen molar-refractivity contribution >= 4 is 21.1 Å². The number of fused-ring (bicyclic) bond motifs is 1. The van der Waals surface area contributed by atoms with E-state index in [9.17, 15) is 17.6 Å². The minimum absolute atomic E-state index is 0.0775. The first-order valence-electron chi connectivity index (χ1n) is 12.8. The highest BCUT2D eigenvalue weighted by Gasteiger charge is 2.30. The lowest BCUT2D eigenvalue weighted by molar-refractivity contribution is 0.159. The van der Waals surface area contributed by atoms with Crippen molar-refractivity contribution in [3.05, 3.63) is 40.3 Å². The van der Waals surface area contributed by atoms with Gasteiger partial charge in [-0.1, -0.05) is 20.3 Å². The molecule has 3 aromatic rings. The number of nitrogens with zero attached hydrogens (tertiary/aromatic N) is 4. The van der Waals surface area contributed by atoms with Gasteiger partial charge in [0.15, 0.2) is 0 Å². The highest BCUT2D eigenvalue weighted by atomic mass is 32.2. The maximum Gasteiger partial charge on any atom is 0.275 e. The number of halogens is 1. The summed E-state index contributed by atoms with van der Waals surface area (Å²) in [7, 11) is -1.98. The Morgan fingerprint density at radius 2 is 1.92 bits per heavy atom. The fourth-order valence-corrected chi connectivity index (χ4v) is 6.33. The summed E-state index contributed by atoms with van der Waals surface area (Å²) in [4.78, 5) is 22.8. The number of benzene rings is 1. The van der Waals surface area contributed by atoms with Crippen LogP contribution < -0.4 is 10.3 Å². The predicted molar refractivity (Wildman–Crippen MR) is 142 cm³/mol. The van der Waals surface area contributed by atoms with E-state index in [2.05, 4.69) is 16.8 Å². The Morgan fingerprint density at radius 3 is 2.57 bits per heavy atom. The van der Waals surface area contributed by atoms with E-state index in [1.807, 2.05) is 27.1 Å². The average Bonchev–Trinajstić information content (AvgIpc) is 3.20. The van der Waals surface area contributed by atoms with Gasteiger partial charge in [0.1, 0.15) is 17.1 Å². The van der Waals surface area contributed by atoms with Gasteiger partial charge in [0, 0.05) is 46.0 Å². The van der Waals surface area contributed by atoms with Gasteiger partial charge in [-0.25, -0.2) is 13.4 Å². The maximum atomic E-state index is 13.6. The van der Waals surface area contributed by atoms with Gasteiger partial charge in [-0.05, 0) is 43.0 Å². The van der Waals surface area contributed by atoms with Gasteiger partial charge >= 0.3 is 0 Å². The van der Waals surface area contributed by atoms with Crippen molar-refractivity contribution in [3.8, 4) is 17.1 Å². The molecule has 0 bridgehead atoms. The second-order valence-corrected chi connectivity index (χ2v) is 11.6. The van der Waals surface area contributed by atoms with Crippen molar-refractivity contribution in [2.45, 2.75) is 38.5 Å². The number of aryl methyl sites for hydroxylation is 2. The molecule has 0 amide bonds. The molecule has 0 saturated carbocycles. The van der Waals surface area contributed by atoms with Crippen LogP contribution in [0.2, 0.25) is 0 Å². The van der Waals surface area contributed by atoms with Crippen molar-refractivity contribution in [1.29, 1.82) is 0 Å². The lowest BCUT2D eigenvalue weighted by Gasteiger charge is -2.35. The summed E-state index contributed by atoms with van der Waals surface area (Å²) >= 11 is 0. The molecule has 1 aromatic carbocycles. The fourth-order valence-electron chi connectivity index (χ4n) is 4.88. The van der Waals surface area contributed by atoms with Crippen molar-refractivity contribution < 1.29 is 17.5 Å². The molecule has 3 heterocycles. The topological polar surface area (TPSA) is 101 Å². The number of H-pyrrole nitrogens is 1. The highest BCUT2D eigenvalue weighted by molar-refractivity contribution is 7.89. The van der Waals surface area contributed by atoms with Crippen LogP contribution in [0.15, 0.2) is 34.1 Å². The van der Waals surface area contributed by atoms with Gasteiger partial charge in [0.2, 0.25) is 10.0 Å². The van der Waals surface area contributed by atoms with Crippen LogP contribution in [0.1, 0.15) is 32.8 Å². The first kappa shape index (κ1) is 27.3. The third-order valence-corrected chi connectivity index (χ3v) is 8.62. The Bertz CT molecular complexity index is 1410. The average molecular weight is 534 g/mol. The lowest BCUT2D eigenvalue weighted by atomic mass is 10.1. The normalized spacial score (nSPS) is 16.4. The van der Waals surface area contributed by atoms with Crippen LogP contribution in [-0.4, -0.2) is 78.2 Å². The number of alkyl halides is 1. The molecule has 37 heavy (non-hydrogen) atoms. The molecule has 202 valence electrons. The van der Waals surface area contributed by atoms with Gasteiger partial charge in [0.05, 0.1) is 29.3 Å². The molecule has 1 atom stereocenters. The van der Waals surface area contributed by atoms with Crippen LogP contribution >= 0.6 is 0 Å². The van der Waals surface area contributed by atoms with Crippen molar-refractivity contribution in [2.24, 2.45) is 13.0 Å². The van der Waals surface area contributed by atoms with Crippen LogP contribution in [-0.2, 0) is 23.5 Å². The van der Waals surface area contributed by atoms with Gasteiger partial charge in [-0.3, -0.25) is 9.18 Å². The molecule has 9 nitrogen and oxygen atoms in total. The number of sulfonamides is 1. The summed E-state index contributed by atoms with van der Waals surface area (Å²) in [5.74, 6) is 0.639. The zero-order valence-corrected chi connectivity index (χ0v) is 22.8. The second-order valence-electron chi connectivity index (χ2n) is 9.68. The van der Waals surface area contributed by atoms with E-state index in [1.54, 1.807) is 10.6 Å². The predicted octanol–water partition coefficient (Wildman–Crippen LogP) is 3.19. The summed E-state index contributed by atoms with van der Waals surface area (Å²) in [5, 5.41) is 0. The van der Waals surface area contributed by atoms with Crippen LogP contribution in [0.5, 0.6) is 5.75 Å². The van der Waals surface area contributed by atoms with Crippen LogP contribution in [0.25, 0.3) is 22.4 Å². The molecule has 11 heteroatoms. The van der Waals surface area contributed by atoms with Gasteiger partial charge in [-0.15, -0.1) is 0 Å². The first-order valence-corrected chi connectivity index (χ1v) is 14.3. The summed E-state index contributed by atoms with van der Waals surface area (Å²) < 4.78 is 49.0. The number of nitrogens with one attached hydrogen (secondary N) is 1. The molecule has 2 aromatic heterocycles. The summed E-state index contributed by atoms with van der Waals surface area (Å²) in [6, 6.07) is 4.68. The van der Waals surface area contributed by atoms with Gasteiger partial charge < -0.3 is 19.2 Å². The molecule has 4 rings (SSSR count). The largest absolute Gasteiger partial charge is 0.493 e. The van der Waals surface area contributed by atoms with Crippen LogP contribution in [0.3, 0.4) is 0 Å². The molecule has 0 spiro atoms. The monoisotopic (exact) mass is 533 g/mol. The van der Waals surface area contributed by atoms with E-state index in [0.717, 1.165) is 18.4 Å². The van der Waals surface area contributed by atoms with E-state index >= 15 is 0 Å². The standard InChI is InChI=1S/C26H36FN5O4S/c1-5-7-19-17-30(4)24-23(19)28-25(29-26(24)33)21-14-20(8-9-22(21)36-6-2)37(34,35)32-12-10-31(11-13-32)16-18(3)15-27/h8-9,14,17-18H,5-7,10-13,15-16H2,1-4H3,(H,28,29,33)/t18-/m0/s1. The minimum Gasteiger partial charge on any atom is -0.493 e. The third-order valence-electron chi connectivity index (χ3n) is 6.73. The number of piperazine rings is 1. The van der Waals surface area contributed by atoms with Crippen molar-refractivity contribution in [1.82, 2.24) is 23.7 Å². The lowest BCUT2D eigenvalue weighted by Crippen LogP contribution is -2.49. The molecule has 1 saturated heterocycles. The smallest absolute Gasteiger partial charge is 0.275 e. The molecule has 0 unspecified atom stereocenters. The first-order chi connectivity index (χ1) is 17.7. The Kier molecular flexibility index (Phi) is 8.35. The molecule has 0 aliphatic carbocycles. The van der Waals surface area contributed by atoms with E-state index in [0.29, 0.717) is 61.7 Å². The molecular weight excluding hydrogens is 497 g/mol.